The van der Waals surface area contributed by atoms with Crippen LogP contribution in [0.4, 0.5) is 13.2 Å². The van der Waals surface area contributed by atoms with Gasteiger partial charge in [0.15, 0.2) is 0 Å². The molecule has 190 valence electrons. The van der Waals surface area contributed by atoms with Gasteiger partial charge in [-0.3, -0.25) is 0 Å². The van der Waals surface area contributed by atoms with Crippen LogP contribution >= 0.6 is 0 Å². The molecular formula is C29H32F3N3O. The molecule has 3 aromatic rings. The standard InChI is InChI=1S/C29H32F3N3O/c30-29(31,32)23-9-6-21(7-10-23)26-16-22(8-11-28(26)36-19-20-4-2-1-3-5-20)25-17-27(25)34-13-15-35-14-12-24(33)18-35/h1-11,16,24-25,27,34H,12-15,17-19,33H2/t24-,25+,27-/m1/s1. The Morgan fingerprint density at radius 3 is 2.47 bits per heavy atom. The molecule has 1 saturated carbocycles. The first-order valence-electron chi connectivity index (χ1n) is 12.6. The average molecular weight is 496 g/mol. The van der Waals surface area contributed by atoms with Crippen molar-refractivity contribution in [3.63, 3.8) is 0 Å². The second kappa shape index (κ2) is 10.6. The molecule has 36 heavy (non-hydrogen) atoms. The number of halogens is 3. The van der Waals surface area contributed by atoms with Crippen molar-refractivity contribution < 1.29 is 17.9 Å². The Labute approximate surface area is 210 Å². The molecule has 0 unspecified atom stereocenters. The fourth-order valence-corrected chi connectivity index (χ4v) is 4.97. The lowest BCUT2D eigenvalue weighted by Gasteiger charge is -2.16. The second-order valence-corrected chi connectivity index (χ2v) is 9.86. The number of nitrogens with one attached hydrogen (secondary N) is 1. The molecule has 0 aromatic heterocycles. The second-order valence-electron chi connectivity index (χ2n) is 9.86. The summed E-state index contributed by atoms with van der Waals surface area (Å²) < 4.78 is 45.5. The van der Waals surface area contributed by atoms with Gasteiger partial charge in [0.1, 0.15) is 12.4 Å². The minimum atomic E-state index is -4.36. The molecule has 0 radical (unpaired) electrons. The van der Waals surface area contributed by atoms with Crippen molar-refractivity contribution in [2.24, 2.45) is 5.73 Å². The fourth-order valence-electron chi connectivity index (χ4n) is 4.97. The largest absolute Gasteiger partial charge is 0.488 e. The predicted octanol–water partition coefficient (Wildman–Crippen LogP) is 5.43. The van der Waals surface area contributed by atoms with Gasteiger partial charge in [0.25, 0.3) is 0 Å². The number of hydrogen-bond acceptors (Lipinski definition) is 4. The van der Waals surface area contributed by atoms with Gasteiger partial charge in [-0.2, -0.15) is 13.2 Å². The number of benzene rings is 3. The molecule has 5 rings (SSSR count). The van der Waals surface area contributed by atoms with Crippen molar-refractivity contribution in [1.29, 1.82) is 0 Å². The van der Waals surface area contributed by atoms with Gasteiger partial charge in [0.05, 0.1) is 5.56 Å². The number of ether oxygens (including phenoxy) is 1. The molecule has 1 aliphatic heterocycles. The summed E-state index contributed by atoms with van der Waals surface area (Å²) in [5.41, 5.74) is 9.08. The molecule has 0 amide bonds. The Morgan fingerprint density at radius 2 is 1.78 bits per heavy atom. The van der Waals surface area contributed by atoms with Crippen LogP contribution in [-0.2, 0) is 12.8 Å². The summed E-state index contributed by atoms with van der Waals surface area (Å²) in [4.78, 5) is 2.40. The van der Waals surface area contributed by atoms with Crippen LogP contribution in [0.3, 0.4) is 0 Å². The Morgan fingerprint density at radius 1 is 1.00 bits per heavy atom. The van der Waals surface area contributed by atoms with Crippen molar-refractivity contribution in [3.05, 3.63) is 89.5 Å². The van der Waals surface area contributed by atoms with Crippen LogP contribution in [0.15, 0.2) is 72.8 Å². The highest BCUT2D eigenvalue weighted by Crippen LogP contribution is 2.44. The van der Waals surface area contributed by atoms with E-state index >= 15 is 0 Å². The first kappa shape index (κ1) is 24.8. The number of hydrogen-bond donors (Lipinski definition) is 2. The highest BCUT2D eigenvalue weighted by atomic mass is 19.4. The first-order chi connectivity index (χ1) is 17.4. The molecule has 2 aliphatic rings. The minimum Gasteiger partial charge on any atom is -0.488 e. The van der Waals surface area contributed by atoms with Gasteiger partial charge >= 0.3 is 6.18 Å². The topological polar surface area (TPSA) is 50.5 Å². The lowest BCUT2D eigenvalue weighted by molar-refractivity contribution is -0.137. The molecule has 7 heteroatoms. The Balaban J connectivity index is 1.30. The summed E-state index contributed by atoms with van der Waals surface area (Å²) in [7, 11) is 0. The highest BCUT2D eigenvalue weighted by molar-refractivity contribution is 5.72. The van der Waals surface area contributed by atoms with Crippen LogP contribution < -0.4 is 15.8 Å². The number of nitrogens with two attached hydrogens (primary N) is 1. The Hall–Kier alpha value is -2.87. The number of alkyl halides is 3. The normalized spacial score (nSPS) is 22.1. The van der Waals surface area contributed by atoms with Crippen LogP contribution in [0, 0.1) is 0 Å². The van der Waals surface area contributed by atoms with Crippen LogP contribution in [0.1, 0.15) is 35.4 Å². The number of rotatable bonds is 9. The van der Waals surface area contributed by atoms with Gasteiger partial charge in [-0.05, 0) is 60.3 Å². The molecule has 0 bridgehead atoms. The van der Waals surface area contributed by atoms with Gasteiger partial charge < -0.3 is 20.7 Å². The molecule has 1 saturated heterocycles. The zero-order chi connectivity index (χ0) is 25.1. The minimum absolute atomic E-state index is 0.296. The summed E-state index contributed by atoms with van der Waals surface area (Å²) in [6.07, 6.45) is -2.24. The SMILES string of the molecule is N[C@@H]1CCN(CCN[C@@H]2C[C@H]2c2ccc(OCc3ccccc3)c(-c3ccc(C(F)(F)F)cc3)c2)C1. The first-order valence-corrected chi connectivity index (χ1v) is 12.6. The van der Waals surface area contributed by atoms with Crippen molar-refractivity contribution in [3.8, 4) is 16.9 Å². The van der Waals surface area contributed by atoms with Gasteiger partial charge in [-0.25, -0.2) is 0 Å². The lowest BCUT2D eigenvalue weighted by Crippen LogP contribution is -2.33. The average Bonchev–Trinajstić information content (AvgIpc) is 3.53. The van der Waals surface area contributed by atoms with E-state index in [0.29, 0.717) is 35.9 Å². The van der Waals surface area contributed by atoms with Crippen molar-refractivity contribution in [1.82, 2.24) is 10.2 Å². The monoisotopic (exact) mass is 495 g/mol. The van der Waals surface area contributed by atoms with Crippen molar-refractivity contribution in [2.45, 2.75) is 43.6 Å². The molecule has 1 heterocycles. The molecular weight excluding hydrogens is 463 g/mol. The molecule has 4 nitrogen and oxygen atoms in total. The van der Waals surface area contributed by atoms with E-state index in [0.717, 1.165) is 62.3 Å². The molecule has 3 N–H and O–H groups in total. The zero-order valence-corrected chi connectivity index (χ0v) is 20.2. The van der Waals surface area contributed by atoms with E-state index in [-0.39, 0.29) is 0 Å². The van der Waals surface area contributed by atoms with E-state index < -0.39 is 11.7 Å². The van der Waals surface area contributed by atoms with Crippen LogP contribution in [0.2, 0.25) is 0 Å². The lowest BCUT2D eigenvalue weighted by atomic mass is 9.98. The highest BCUT2D eigenvalue weighted by Gasteiger charge is 2.38. The molecule has 3 atom stereocenters. The van der Waals surface area contributed by atoms with Crippen molar-refractivity contribution in [2.75, 3.05) is 26.2 Å². The summed E-state index contributed by atoms with van der Waals surface area (Å²) in [5, 5.41) is 3.65. The third kappa shape index (κ3) is 6.09. The molecule has 3 aromatic carbocycles. The predicted molar refractivity (Wildman–Crippen MR) is 136 cm³/mol. The van der Waals surface area contributed by atoms with E-state index in [4.69, 9.17) is 10.5 Å². The van der Waals surface area contributed by atoms with Gasteiger partial charge in [0, 0.05) is 43.2 Å². The smallest absolute Gasteiger partial charge is 0.416 e. The van der Waals surface area contributed by atoms with Gasteiger partial charge in [-0.15, -0.1) is 0 Å². The third-order valence-corrected chi connectivity index (χ3v) is 7.13. The van der Waals surface area contributed by atoms with E-state index in [1.807, 2.05) is 36.4 Å². The van der Waals surface area contributed by atoms with E-state index in [2.05, 4.69) is 22.3 Å². The van der Waals surface area contributed by atoms with Crippen LogP contribution in [-0.4, -0.2) is 43.2 Å². The molecule has 2 fully saturated rings. The van der Waals surface area contributed by atoms with Crippen molar-refractivity contribution >= 4 is 0 Å². The summed E-state index contributed by atoms with van der Waals surface area (Å²) >= 11 is 0. The van der Waals surface area contributed by atoms with E-state index in [9.17, 15) is 13.2 Å². The number of nitrogens with zero attached hydrogens (tertiary/aromatic N) is 1. The third-order valence-electron chi connectivity index (χ3n) is 7.13. The van der Waals surface area contributed by atoms with Crippen LogP contribution in [0.5, 0.6) is 5.75 Å². The summed E-state index contributed by atoms with van der Waals surface area (Å²) in [5.74, 6) is 1.06. The maximum absolute atomic E-state index is 13.1. The van der Waals surface area contributed by atoms with E-state index in [1.54, 1.807) is 0 Å². The summed E-state index contributed by atoms with van der Waals surface area (Å²) in [6, 6.07) is 22.0. The fraction of sp³-hybridized carbons (Fsp3) is 0.379. The quantitative estimate of drug-likeness (QED) is 0.416. The summed E-state index contributed by atoms with van der Waals surface area (Å²) in [6.45, 7) is 4.36. The molecule has 0 spiro atoms. The Bertz CT molecular complexity index is 1150. The van der Waals surface area contributed by atoms with Gasteiger partial charge in [0.2, 0.25) is 0 Å². The molecule has 1 aliphatic carbocycles. The van der Waals surface area contributed by atoms with E-state index in [1.165, 1.54) is 17.7 Å². The maximum atomic E-state index is 13.1. The Kier molecular flexibility index (Phi) is 7.32. The zero-order valence-electron chi connectivity index (χ0n) is 20.2. The number of likely N-dealkylation sites (tertiary alicyclic amines) is 1. The van der Waals surface area contributed by atoms with Crippen LogP contribution in [0.25, 0.3) is 11.1 Å². The van der Waals surface area contributed by atoms with Gasteiger partial charge in [-0.1, -0.05) is 48.5 Å². The maximum Gasteiger partial charge on any atom is 0.416 e.